The minimum Gasteiger partial charge on any atom is -0.395 e. The van der Waals surface area contributed by atoms with E-state index in [4.69, 9.17) is 16.7 Å². The summed E-state index contributed by atoms with van der Waals surface area (Å²) in [6, 6.07) is 7.63. The number of halogens is 1. The molecule has 0 unspecified atom stereocenters. The van der Waals surface area contributed by atoms with Crippen molar-refractivity contribution in [1.82, 2.24) is 5.32 Å². The summed E-state index contributed by atoms with van der Waals surface area (Å²) in [5.41, 5.74) is 1.18. The van der Waals surface area contributed by atoms with E-state index in [0.29, 0.717) is 13.0 Å². The number of carbonyl (C=O) groups excluding carboxylic acids is 1. The van der Waals surface area contributed by atoms with Crippen LogP contribution < -0.4 is 5.32 Å². The molecule has 0 bridgehead atoms. The van der Waals surface area contributed by atoms with E-state index in [0.717, 1.165) is 17.9 Å². The summed E-state index contributed by atoms with van der Waals surface area (Å²) in [7, 11) is 0. The van der Waals surface area contributed by atoms with Gasteiger partial charge in [-0.1, -0.05) is 23.7 Å². The highest BCUT2D eigenvalue weighted by atomic mass is 35.5. The van der Waals surface area contributed by atoms with Gasteiger partial charge in [-0.3, -0.25) is 4.79 Å². The molecule has 4 heteroatoms. The molecule has 0 spiro atoms. The van der Waals surface area contributed by atoms with E-state index < -0.39 is 0 Å². The fourth-order valence-corrected chi connectivity index (χ4v) is 1.51. The van der Waals surface area contributed by atoms with Crippen molar-refractivity contribution in [2.45, 2.75) is 19.3 Å². The highest BCUT2D eigenvalue weighted by Gasteiger charge is 2.00. The molecule has 1 rings (SSSR count). The van der Waals surface area contributed by atoms with Gasteiger partial charge in [-0.15, -0.1) is 0 Å². The van der Waals surface area contributed by atoms with Crippen molar-refractivity contribution >= 4 is 17.5 Å². The topological polar surface area (TPSA) is 49.3 Å². The minimum atomic E-state index is -0.0111. The largest absolute Gasteiger partial charge is 0.395 e. The Morgan fingerprint density at radius 1 is 1.31 bits per heavy atom. The normalized spacial score (nSPS) is 10.1. The molecule has 0 fully saturated rings. The van der Waals surface area contributed by atoms with E-state index in [-0.39, 0.29) is 12.5 Å². The van der Waals surface area contributed by atoms with Gasteiger partial charge < -0.3 is 10.4 Å². The van der Waals surface area contributed by atoms with Gasteiger partial charge in [-0.2, -0.15) is 0 Å². The van der Waals surface area contributed by atoms with Crippen molar-refractivity contribution in [3.63, 3.8) is 0 Å². The molecule has 0 aliphatic rings. The van der Waals surface area contributed by atoms with Gasteiger partial charge in [-0.25, -0.2) is 0 Å². The second-order valence-electron chi connectivity index (χ2n) is 3.55. The minimum absolute atomic E-state index is 0.0110. The van der Waals surface area contributed by atoms with Crippen LogP contribution in [-0.2, 0) is 11.2 Å². The highest BCUT2D eigenvalue weighted by Crippen LogP contribution is 2.11. The fourth-order valence-electron chi connectivity index (χ4n) is 1.39. The first-order valence-corrected chi connectivity index (χ1v) is 5.72. The molecule has 1 amide bonds. The lowest BCUT2D eigenvalue weighted by Gasteiger charge is -2.03. The Hall–Kier alpha value is -1.06. The molecule has 0 atom stereocenters. The Labute approximate surface area is 100 Å². The maximum atomic E-state index is 11.2. The van der Waals surface area contributed by atoms with E-state index in [2.05, 4.69) is 5.32 Å². The van der Waals surface area contributed by atoms with Gasteiger partial charge in [0.1, 0.15) is 0 Å². The van der Waals surface area contributed by atoms with E-state index in [1.807, 2.05) is 24.3 Å². The third kappa shape index (κ3) is 5.14. The summed E-state index contributed by atoms with van der Waals surface area (Å²) in [6.45, 7) is 0.322. The van der Waals surface area contributed by atoms with Crippen LogP contribution in [0.4, 0.5) is 0 Å². The zero-order chi connectivity index (χ0) is 11.8. The van der Waals surface area contributed by atoms with Gasteiger partial charge in [0, 0.05) is 18.0 Å². The molecular formula is C12H16ClNO2. The van der Waals surface area contributed by atoms with Gasteiger partial charge in [-0.05, 0) is 30.5 Å². The second kappa shape index (κ2) is 7.25. The molecule has 1 aromatic rings. The number of benzene rings is 1. The van der Waals surface area contributed by atoms with Crippen molar-refractivity contribution in [2.75, 3.05) is 13.2 Å². The third-order valence-electron chi connectivity index (χ3n) is 2.22. The number of aliphatic hydroxyl groups excluding tert-OH is 1. The Kier molecular flexibility index (Phi) is 5.90. The molecule has 2 N–H and O–H groups in total. The summed E-state index contributed by atoms with van der Waals surface area (Å²) in [4.78, 5) is 11.2. The molecule has 0 radical (unpaired) electrons. The van der Waals surface area contributed by atoms with Crippen LogP contribution in [0.25, 0.3) is 0 Å². The molecule has 0 aromatic heterocycles. The quantitative estimate of drug-likeness (QED) is 0.798. The molecule has 16 heavy (non-hydrogen) atoms. The number of amides is 1. The van der Waals surface area contributed by atoms with Crippen LogP contribution in [0.15, 0.2) is 24.3 Å². The second-order valence-corrected chi connectivity index (χ2v) is 3.99. The van der Waals surface area contributed by atoms with Gasteiger partial charge in [0.15, 0.2) is 0 Å². The Bertz CT molecular complexity index is 324. The molecule has 0 saturated heterocycles. The number of hydrogen-bond acceptors (Lipinski definition) is 2. The smallest absolute Gasteiger partial charge is 0.220 e. The number of rotatable bonds is 6. The monoisotopic (exact) mass is 241 g/mol. The van der Waals surface area contributed by atoms with Crippen molar-refractivity contribution < 1.29 is 9.90 Å². The van der Waals surface area contributed by atoms with Crippen molar-refractivity contribution in [1.29, 1.82) is 0 Å². The average Bonchev–Trinajstić information content (AvgIpc) is 2.29. The van der Waals surface area contributed by atoms with Crippen LogP contribution in [0.3, 0.4) is 0 Å². The number of aliphatic hydroxyl groups is 1. The van der Waals surface area contributed by atoms with Gasteiger partial charge in [0.05, 0.1) is 6.61 Å². The molecule has 0 saturated carbocycles. The van der Waals surface area contributed by atoms with Crippen LogP contribution in [0.1, 0.15) is 18.4 Å². The first kappa shape index (κ1) is 13.0. The zero-order valence-electron chi connectivity index (χ0n) is 9.08. The maximum Gasteiger partial charge on any atom is 0.220 e. The van der Waals surface area contributed by atoms with Crippen molar-refractivity contribution in [3.8, 4) is 0 Å². The predicted molar refractivity (Wildman–Crippen MR) is 64.5 cm³/mol. The highest BCUT2D eigenvalue weighted by molar-refractivity contribution is 6.30. The first-order chi connectivity index (χ1) is 7.72. The Morgan fingerprint density at radius 2 is 2.00 bits per heavy atom. The molecule has 0 heterocycles. The van der Waals surface area contributed by atoms with Gasteiger partial charge in [0.2, 0.25) is 5.91 Å². The number of aryl methyl sites for hydroxylation is 1. The van der Waals surface area contributed by atoms with Crippen LogP contribution in [0, 0.1) is 0 Å². The third-order valence-corrected chi connectivity index (χ3v) is 2.47. The number of nitrogens with one attached hydrogen (secondary N) is 1. The van der Waals surface area contributed by atoms with Gasteiger partial charge in [0.25, 0.3) is 0 Å². The molecular weight excluding hydrogens is 226 g/mol. The summed E-state index contributed by atoms with van der Waals surface area (Å²) in [5.74, 6) is -0.0111. The lowest BCUT2D eigenvalue weighted by molar-refractivity contribution is -0.121. The number of hydrogen-bond donors (Lipinski definition) is 2. The lowest BCUT2D eigenvalue weighted by Crippen LogP contribution is -2.26. The lowest BCUT2D eigenvalue weighted by atomic mass is 10.1. The Balaban J connectivity index is 2.20. The van der Waals surface area contributed by atoms with Crippen molar-refractivity contribution in [3.05, 3.63) is 34.9 Å². The standard InChI is InChI=1S/C12H16ClNO2/c13-11-6-4-10(5-7-11)2-1-3-12(16)14-8-9-15/h4-7,15H,1-3,8-9H2,(H,14,16). The fraction of sp³-hybridized carbons (Fsp3) is 0.417. The molecule has 0 aliphatic carbocycles. The van der Waals surface area contributed by atoms with E-state index >= 15 is 0 Å². The van der Waals surface area contributed by atoms with Crippen LogP contribution in [-0.4, -0.2) is 24.2 Å². The summed E-state index contributed by atoms with van der Waals surface area (Å²) < 4.78 is 0. The average molecular weight is 242 g/mol. The van der Waals surface area contributed by atoms with Gasteiger partial charge >= 0.3 is 0 Å². The predicted octanol–water partition coefficient (Wildman–Crippen LogP) is 1.77. The molecule has 0 aliphatic heterocycles. The van der Waals surface area contributed by atoms with E-state index in [1.54, 1.807) is 0 Å². The summed E-state index contributed by atoms with van der Waals surface area (Å²) in [5, 5.41) is 11.9. The van der Waals surface area contributed by atoms with Crippen molar-refractivity contribution in [2.24, 2.45) is 0 Å². The first-order valence-electron chi connectivity index (χ1n) is 5.34. The van der Waals surface area contributed by atoms with Crippen LogP contribution in [0.5, 0.6) is 0 Å². The van der Waals surface area contributed by atoms with E-state index in [1.165, 1.54) is 5.56 Å². The van der Waals surface area contributed by atoms with Crippen LogP contribution in [0.2, 0.25) is 5.02 Å². The Morgan fingerprint density at radius 3 is 2.62 bits per heavy atom. The summed E-state index contributed by atoms with van der Waals surface area (Å²) >= 11 is 5.77. The molecule has 88 valence electrons. The zero-order valence-corrected chi connectivity index (χ0v) is 9.83. The molecule has 3 nitrogen and oxygen atoms in total. The maximum absolute atomic E-state index is 11.2. The summed E-state index contributed by atoms with van der Waals surface area (Å²) in [6.07, 6.45) is 2.16. The SMILES string of the molecule is O=C(CCCc1ccc(Cl)cc1)NCCO. The number of carbonyl (C=O) groups is 1. The van der Waals surface area contributed by atoms with E-state index in [9.17, 15) is 4.79 Å². The molecule has 1 aromatic carbocycles. The van der Waals surface area contributed by atoms with Crippen LogP contribution >= 0.6 is 11.6 Å².